The minimum absolute atomic E-state index is 0.0256. The molecule has 1 aliphatic heterocycles. The van der Waals surface area contributed by atoms with Crippen LogP contribution in [0.25, 0.3) is 0 Å². The lowest BCUT2D eigenvalue weighted by atomic mass is 9.99. The molecule has 0 atom stereocenters. The summed E-state index contributed by atoms with van der Waals surface area (Å²) in [5, 5.41) is 9.20. The number of amides is 2. The van der Waals surface area contributed by atoms with Crippen LogP contribution >= 0.6 is 0 Å². The largest absolute Gasteiger partial charge is 0.399 e. The van der Waals surface area contributed by atoms with Crippen molar-refractivity contribution in [3.63, 3.8) is 0 Å². The first kappa shape index (κ1) is 8.71. The molecule has 0 bridgehead atoms. The standard InChI is InChI=1S/C9H8N2O3/c10-6-2-1-5-3-8(12)11(14)9(13)7(5)4-6/h1-2,4,14H,3,10H2. The zero-order valence-electron chi connectivity index (χ0n) is 7.23. The fourth-order valence-electron chi connectivity index (χ4n) is 1.41. The van der Waals surface area contributed by atoms with E-state index in [0.717, 1.165) is 0 Å². The Balaban J connectivity index is 2.57. The summed E-state index contributed by atoms with van der Waals surface area (Å²) in [4.78, 5) is 22.5. The lowest BCUT2D eigenvalue weighted by Crippen LogP contribution is -2.39. The Bertz CT molecular complexity index is 428. The monoisotopic (exact) mass is 192 g/mol. The highest BCUT2D eigenvalue weighted by Crippen LogP contribution is 2.20. The van der Waals surface area contributed by atoms with E-state index in [1.165, 1.54) is 6.07 Å². The van der Waals surface area contributed by atoms with Gasteiger partial charge in [0.15, 0.2) is 0 Å². The number of benzene rings is 1. The molecule has 0 fully saturated rings. The van der Waals surface area contributed by atoms with Crippen molar-refractivity contribution in [2.75, 3.05) is 5.73 Å². The summed E-state index contributed by atoms with van der Waals surface area (Å²) in [5.74, 6) is -1.34. The number of carbonyl (C=O) groups excluding carboxylic acids is 2. The number of anilines is 1. The first-order chi connectivity index (χ1) is 6.59. The van der Waals surface area contributed by atoms with Crippen molar-refractivity contribution in [2.45, 2.75) is 6.42 Å². The van der Waals surface area contributed by atoms with Crippen molar-refractivity contribution in [3.8, 4) is 0 Å². The molecule has 0 aromatic heterocycles. The minimum Gasteiger partial charge on any atom is -0.399 e. The van der Waals surface area contributed by atoms with Gasteiger partial charge in [-0.25, -0.2) is 0 Å². The molecular weight excluding hydrogens is 184 g/mol. The maximum absolute atomic E-state index is 11.4. The van der Waals surface area contributed by atoms with Crippen LogP contribution in [0.15, 0.2) is 18.2 Å². The predicted molar refractivity (Wildman–Crippen MR) is 47.5 cm³/mol. The van der Waals surface area contributed by atoms with Crippen LogP contribution in [0, 0.1) is 0 Å². The molecule has 0 spiro atoms. The molecule has 1 aromatic rings. The van der Waals surface area contributed by atoms with Gasteiger partial charge in [-0.1, -0.05) is 6.07 Å². The highest BCUT2D eigenvalue weighted by atomic mass is 16.5. The van der Waals surface area contributed by atoms with Gasteiger partial charge in [-0.3, -0.25) is 14.8 Å². The quantitative estimate of drug-likeness (QED) is 0.349. The van der Waals surface area contributed by atoms with E-state index in [0.29, 0.717) is 11.3 Å². The van der Waals surface area contributed by atoms with E-state index in [-0.39, 0.29) is 17.0 Å². The molecule has 1 heterocycles. The second-order valence-electron chi connectivity index (χ2n) is 3.10. The van der Waals surface area contributed by atoms with Crippen molar-refractivity contribution in [1.82, 2.24) is 5.06 Å². The second kappa shape index (κ2) is 2.81. The van der Waals surface area contributed by atoms with Gasteiger partial charge in [0.1, 0.15) is 0 Å². The Hall–Kier alpha value is -1.88. The molecule has 1 aromatic carbocycles. The molecule has 5 heteroatoms. The Labute approximate surface area is 79.7 Å². The Kier molecular flexibility index (Phi) is 1.75. The van der Waals surface area contributed by atoms with Crippen molar-refractivity contribution >= 4 is 17.5 Å². The lowest BCUT2D eigenvalue weighted by Gasteiger charge is -2.20. The van der Waals surface area contributed by atoms with Crippen LogP contribution in [0.1, 0.15) is 15.9 Å². The molecule has 2 rings (SSSR count). The van der Waals surface area contributed by atoms with E-state index in [2.05, 4.69) is 0 Å². The molecule has 0 aliphatic carbocycles. The van der Waals surface area contributed by atoms with E-state index in [9.17, 15) is 9.59 Å². The highest BCUT2D eigenvalue weighted by Gasteiger charge is 2.29. The number of imide groups is 1. The zero-order chi connectivity index (χ0) is 10.3. The summed E-state index contributed by atoms with van der Waals surface area (Å²) in [6.07, 6.45) is 0.0256. The molecule has 5 nitrogen and oxygen atoms in total. The topological polar surface area (TPSA) is 83.6 Å². The van der Waals surface area contributed by atoms with Crippen molar-refractivity contribution in [3.05, 3.63) is 29.3 Å². The summed E-state index contributed by atoms with van der Waals surface area (Å²) in [6.45, 7) is 0. The summed E-state index contributed by atoms with van der Waals surface area (Å²) in [7, 11) is 0. The van der Waals surface area contributed by atoms with Gasteiger partial charge >= 0.3 is 0 Å². The number of carbonyl (C=O) groups is 2. The minimum atomic E-state index is -0.719. The normalized spacial score (nSPS) is 15.6. The van der Waals surface area contributed by atoms with Crippen LogP contribution in [0.3, 0.4) is 0 Å². The number of hydrogen-bond donors (Lipinski definition) is 2. The zero-order valence-corrected chi connectivity index (χ0v) is 7.23. The highest BCUT2D eigenvalue weighted by molar-refractivity contribution is 6.08. The maximum atomic E-state index is 11.4. The van der Waals surface area contributed by atoms with Crippen LogP contribution in [0.2, 0.25) is 0 Å². The van der Waals surface area contributed by atoms with Gasteiger partial charge in [0.25, 0.3) is 11.8 Å². The molecule has 2 amide bonds. The molecular formula is C9H8N2O3. The van der Waals surface area contributed by atoms with Crippen LogP contribution in [0.5, 0.6) is 0 Å². The van der Waals surface area contributed by atoms with Gasteiger partial charge in [-0.15, -0.1) is 0 Å². The van der Waals surface area contributed by atoms with Gasteiger partial charge < -0.3 is 5.73 Å². The molecule has 3 N–H and O–H groups in total. The second-order valence-corrected chi connectivity index (χ2v) is 3.10. The van der Waals surface area contributed by atoms with Crippen molar-refractivity contribution in [2.24, 2.45) is 0 Å². The predicted octanol–water partition coefficient (Wildman–Crippen LogP) is 0.183. The van der Waals surface area contributed by atoms with Crippen LogP contribution in [0.4, 0.5) is 5.69 Å². The van der Waals surface area contributed by atoms with E-state index in [1.807, 2.05) is 0 Å². The van der Waals surface area contributed by atoms with Crippen LogP contribution < -0.4 is 5.73 Å². The van der Waals surface area contributed by atoms with Crippen molar-refractivity contribution < 1.29 is 14.8 Å². The van der Waals surface area contributed by atoms with E-state index in [1.54, 1.807) is 12.1 Å². The third kappa shape index (κ3) is 1.14. The molecule has 0 saturated carbocycles. The molecule has 72 valence electrons. The number of hydroxylamine groups is 2. The third-order valence-electron chi connectivity index (χ3n) is 2.13. The first-order valence-corrected chi connectivity index (χ1v) is 4.04. The summed E-state index contributed by atoms with van der Waals surface area (Å²) >= 11 is 0. The SMILES string of the molecule is Nc1ccc2c(c1)C(=O)N(O)C(=O)C2. The number of nitrogens with two attached hydrogens (primary N) is 1. The Morgan fingerprint density at radius 2 is 2.07 bits per heavy atom. The Morgan fingerprint density at radius 1 is 1.36 bits per heavy atom. The maximum Gasteiger partial charge on any atom is 0.284 e. The summed E-state index contributed by atoms with van der Waals surface area (Å²) in [5.41, 5.74) is 6.80. The lowest BCUT2D eigenvalue weighted by molar-refractivity contribution is -0.153. The fraction of sp³-hybridized carbons (Fsp3) is 0.111. The molecule has 0 unspecified atom stereocenters. The third-order valence-corrected chi connectivity index (χ3v) is 2.13. The van der Waals surface area contributed by atoms with Crippen molar-refractivity contribution in [1.29, 1.82) is 0 Å². The van der Waals surface area contributed by atoms with Crippen LogP contribution in [-0.4, -0.2) is 22.1 Å². The summed E-state index contributed by atoms with van der Waals surface area (Å²) < 4.78 is 0. The van der Waals surface area contributed by atoms with Gasteiger partial charge in [0, 0.05) is 11.3 Å². The van der Waals surface area contributed by atoms with Crippen LogP contribution in [-0.2, 0) is 11.2 Å². The first-order valence-electron chi connectivity index (χ1n) is 4.04. The number of rotatable bonds is 0. The average Bonchev–Trinajstić information content (AvgIpc) is 2.16. The number of fused-ring (bicyclic) bond motifs is 1. The average molecular weight is 192 g/mol. The van der Waals surface area contributed by atoms with Gasteiger partial charge in [-0.05, 0) is 17.7 Å². The van der Waals surface area contributed by atoms with E-state index in [4.69, 9.17) is 10.9 Å². The smallest absolute Gasteiger partial charge is 0.284 e. The molecule has 0 radical (unpaired) electrons. The number of nitrogens with zero attached hydrogens (tertiary/aromatic N) is 1. The molecule has 0 saturated heterocycles. The van der Waals surface area contributed by atoms with E-state index >= 15 is 0 Å². The van der Waals surface area contributed by atoms with E-state index < -0.39 is 11.8 Å². The van der Waals surface area contributed by atoms with Gasteiger partial charge in [0.05, 0.1) is 6.42 Å². The molecule has 14 heavy (non-hydrogen) atoms. The fourth-order valence-corrected chi connectivity index (χ4v) is 1.41. The number of nitrogen functional groups attached to an aromatic ring is 1. The Morgan fingerprint density at radius 3 is 2.79 bits per heavy atom. The molecule has 1 aliphatic rings. The number of hydrogen-bond acceptors (Lipinski definition) is 4. The van der Waals surface area contributed by atoms with Gasteiger partial charge in [-0.2, -0.15) is 5.06 Å². The summed E-state index contributed by atoms with van der Waals surface area (Å²) in [6, 6.07) is 4.69. The van der Waals surface area contributed by atoms with Gasteiger partial charge in [0.2, 0.25) is 0 Å².